The molecule has 2 heterocycles. The number of thiocarbonyl (C=S) groups is 1. The Morgan fingerprint density at radius 1 is 1.58 bits per heavy atom. The van der Waals surface area contributed by atoms with Gasteiger partial charge in [-0.15, -0.1) is 0 Å². The van der Waals surface area contributed by atoms with Gasteiger partial charge in [-0.2, -0.15) is 0 Å². The van der Waals surface area contributed by atoms with E-state index in [-0.39, 0.29) is 17.0 Å². The van der Waals surface area contributed by atoms with Crippen LogP contribution in [0.2, 0.25) is 0 Å². The van der Waals surface area contributed by atoms with Crippen molar-refractivity contribution in [2.24, 2.45) is 5.73 Å². The number of carbonyl (C=O) groups excluding carboxylic acids is 1. The van der Waals surface area contributed by atoms with Crippen LogP contribution in [0, 0.1) is 0 Å². The van der Waals surface area contributed by atoms with Gasteiger partial charge in [0.05, 0.1) is 19.0 Å². The lowest BCUT2D eigenvalue weighted by Gasteiger charge is -2.23. The lowest BCUT2D eigenvalue weighted by atomic mass is 10.2. The Morgan fingerprint density at radius 3 is 2.95 bits per heavy atom. The van der Waals surface area contributed by atoms with E-state index in [1.54, 1.807) is 13.1 Å². The van der Waals surface area contributed by atoms with Crippen molar-refractivity contribution >= 4 is 29.0 Å². The second-order valence-electron chi connectivity index (χ2n) is 4.23. The highest BCUT2D eigenvalue weighted by Crippen LogP contribution is 2.24. The van der Waals surface area contributed by atoms with Gasteiger partial charge in [0.2, 0.25) is 0 Å². The van der Waals surface area contributed by atoms with Crippen LogP contribution in [0.25, 0.3) is 0 Å². The highest BCUT2D eigenvalue weighted by molar-refractivity contribution is 7.80. The minimum Gasteiger partial charge on any atom is -0.464 e. The summed E-state index contributed by atoms with van der Waals surface area (Å²) in [6.45, 7) is 2.95. The number of carbonyl (C=O) groups is 1. The first-order chi connectivity index (χ1) is 9.13. The van der Waals surface area contributed by atoms with Crippen LogP contribution in [0.5, 0.6) is 0 Å². The van der Waals surface area contributed by atoms with Gasteiger partial charge in [0.25, 0.3) is 0 Å². The van der Waals surface area contributed by atoms with Gasteiger partial charge in [-0.1, -0.05) is 12.2 Å². The second-order valence-corrected chi connectivity index (χ2v) is 4.67. The highest BCUT2D eigenvalue weighted by Gasteiger charge is 2.32. The van der Waals surface area contributed by atoms with Crippen LogP contribution >= 0.6 is 12.2 Å². The number of nitrogens with zero attached hydrogens (tertiary/aromatic N) is 3. The molecule has 1 aliphatic heterocycles. The van der Waals surface area contributed by atoms with Crippen LogP contribution in [0.1, 0.15) is 25.5 Å². The summed E-state index contributed by atoms with van der Waals surface area (Å²) < 4.78 is 5.07. The molecule has 2 rings (SSSR count). The Labute approximate surface area is 117 Å². The summed E-state index contributed by atoms with van der Waals surface area (Å²) in [5.41, 5.74) is 5.95. The lowest BCUT2D eigenvalue weighted by Crippen LogP contribution is -2.38. The molecule has 1 saturated heterocycles. The summed E-state index contributed by atoms with van der Waals surface area (Å²) >= 11 is 4.83. The molecular weight excluding hydrogens is 264 g/mol. The first-order valence-corrected chi connectivity index (χ1v) is 6.59. The molecule has 1 fully saturated rings. The van der Waals surface area contributed by atoms with E-state index in [4.69, 9.17) is 22.7 Å². The van der Waals surface area contributed by atoms with E-state index in [0.29, 0.717) is 18.1 Å². The lowest BCUT2D eigenvalue weighted by molar-refractivity contribution is -0.144. The van der Waals surface area contributed by atoms with Crippen molar-refractivity contribution in [2.45, 2.75) is 25.8 Å². The fourth-order valence-corrected chi connectivity index (χ4v) is 2.23. The summed E-state index contributed by atoms with van der Waals surface area (Å²) in [4.78, 5) is 22.4. The molecule has 1 atom stereocenters. The Kier molecular flexibility index (Phi) is 4.26. The molecule has 0 radical (unpaired) electrons. The number of anilines is 1. The van der Waals surface area contributed by atoms with Crippen molar-refractivity contribution in [1.82, 2.24) is 9.97 Å². The third-order valence-corrected chi connectivity index (χ3v) is 3.21. The molecule has 1 aliphatic rings. The van der Waals surface area contributed by atoms with E-state index in [2.05, 4.69) is 9.97 Å². The maximum atomic E-state index is 11.9. The van der Waals surface area contributed by atoms with Crippen molar-refractivity contribution in [1.29, 1.82) is 0 Å². The van der Waals surface area contributed by atoms with Gasteiger partial charge >= 0.3 is 5.97 Å². The Morgan fingerprint density at radius 2 is 2.37 bits per heavy atom. The van der Waals surface area contributed by atoms with E-state index in [9.17, 15) is 4.79 Å². The van der Waals surface area contributed by atoms with Crippen LogP contribution < -0.4 is 10.6 Å². The molecule has 102 valence electrons. The molecule has 1 unspecified atom stereocenters. The minimum absolute atomic E-state index is 0.208. The zero-order valence-corrected chi connectivity index (χ0v) is 11.5. The Hall–Kier alpha value is -1.76. The Bertz CT molecular complexity index is 477. The first-order valence-electron chi connectivity index (χ1n) is 6.18. The second kappa shape index (κ2) is 5.92. The number of aromatic nitrogens is 2. The topological polar surface area (TPSA) is 81.3 Å². The molecule has 2 N–H and O–H groups in total. The monoisotopic (exact) mass is 280 g/mol. The average molecular weight is 280 g/mol. The summed E-state index contributed by atoms with van der Waals surface area (Å²) in [7, 11) is 0. The fourth-order valence-electron chi connectivity index (χ4n) is 2.12. The number of hydrogen-bond donors (Lipinski definition) is 1. The number of hydrogen-bond acceptors (Lipinski definition) is 6. The average Bonchev–Trinajstić information content (AvgIpc) is 2.88. The van der Waals surface area contributed by atoms with Crippen LogP contribution in [0.4, 0.5) is 5.82 Å². The fraction of sp³-hybridized carbons (Fsp3) is 0.500. The van der Waals surface area contributed by atoms with Crippen LogP contribution in [0.15, 0.2) is 12.4 Å². The van der Waals surface area contributed by atoms with Crippen molar-refractivity contribution in [2.75, 3.05) is 18.1 Å². The molecule has 0 bridgehead atoms. The number of rotatable bonds is 4. The maximum absolute atomic E-state index is 11.9. The van der Waals surface area contributed by atoms with Gasteiger partial charge in [0.1, 0.15) is 22.5 Å². The van der Waals surface area contributed by atoms with Crippen LogP contribution in [-0.2, 0) is 9.53 Å². The van der Waals surface area contributed by atoms with Gasteiger partial charge < -0.3 is 15.4 Å². The molecule has 0 aromatic carbocycles. The molecule has 0 saturated carbocycles. The quantitative estimate of drug-likeness (QED) is 0.640. The standard InChI is InChI=1S/C12H16N4O2S/c1-2-18-12(17)9-4-3-5-16(9)10-7-14-8(6-15-10)11(13)19/h6-7,9H,2-5H2,1H3,(H2,13,19). The third-order valence-electron chi connectivity index (χ3n) is 3.00. The molecule has 1 aromatic rings. The molecular formula is C12H16N4O2S. The third kappa shape index (κ3) is 2.98. The molecule has 6 nitrogen and oxygen atoms in total. The largest absolute Gasteiger partial charge is 0.464 e. The number of esters is 1. The first kappa shape index (κ1) is 13.7. The van der Waals surface area contributed by atoms with E-state index < -0.39 is 0 Å². The molecule has 19 heavy (non-hydrogen) atoms. The highest BCUT2D eigenvalue weighted by atomic mass is 32.1. The van der Waals surface area contributed by atoms with Gasteiger partial charge in [-0.05, 0) is 19.8 Å². The SMILES string of the molecule is CCOC(=O)C1CCCN1c1cnc(C(N)=S)cn1. The van der Waals surface area contributed by atoms with Crippen LogP contribution in [0.3, 0.4) is 0 Å². The zero-order chi connectivity index (χ0) is 13.8. The van der Waals surface area contributed by atoms with E-state index in [0.717, 1.165) is 19.4 Å². The molecule has 0 aliphatic carbocycles. The molecule has 7 heteroatoms. The number of nitrogens with two attached hydrogens (primary N) is 1. The molecule has 0 spiro atoms. The normalized spacial score (nSPS) is 18.4. The number of ether oxygens (including phenoxy) is 1. The summed E-state index contributed by atoms with van der Waals surface area (Å²) in [6, 6.07) is -0.273. The summed E-state index contributed by atoms with van der Waals surface area (Å²) in [5, 5.41) is 0. The van der Waals surface area contributed by atoms with Gasteiger partial charge in [0.15, 0.2) is 0 Å². The van der Waals surface area contributed by atoms with Crippen LogP contribution in [-0.4, -0.2) is 40.1 Å². The predicted molar refractivity (Wildman–Crippen MR) is 74.9 cm³/mol. The summed E-state index contributed by atoms with van der Waals surface area (Å²) in [6.07, 6.45) is 4.82. The van der Waals surface area contributed by atoms with Gasteiger partial charge in [0, 0.05) is 6.54 Å². The van der Waals surface area contributed by atoms with Crippen molar-refractivity contribution in [3.05, 3.63) is 18.1 Å². The molecule has 1 aromatic heterocycles. The van der Waals surface area contributed by atoms with E-state index in [1.165, 1.54) is 6.20 Å². The summed E-state index contributed by atoms with van der Waals surface area (Å²) in [5.74, 6) is 0.441. The van der Waals surface area contributed by atoms with Crippen molar-refractivity contribution in [3.8, 4) is 0 Å². The van der Waals surface area contributed by atoms with Gasteiger partial charge in [-0.3, -0.25) is 0 Å². The zero-order valence-electron chi connectivity index (χ0n) is 10.7. The predicted octanol–water partition coefficient (Wildman–Crippen LogP) is 0.643. The Balaban J connectivity index is 2.15. The molecule has 0 amide bonds. The van der Waals surface area contributed by atoms with E-state index in [1.807, 2.05) is 4.90 Å². The van der Waals surface area contributed by atoms with Gasteiger partial charge in [-0.25, -0.2) is 14.8 Å². The smallest absolute Gasteiger partial charge is 0.328 e. The minimum atomic E-state index is -0.273. The van der Waals surface area contributed by atoms with Crippen molar-refractivity contribution < 1.29 is 9.53 Å². The van der Waals surface area contributed by atoms with E-state index >= 15 is 0 Å². The van der Waals surface area contributed by atoms with Crippen molar-refractivity contribution in [3.63, 3.8) is 0 Å². The maximum Gasteiger partial charge on any atom is 0.328 e.